The molecule has 2 amide bonds. The Kier molecular flexibility index (Phi) is 7.07. The minimum absolute atomic E-state index is 0.187. The molecule has 0 radical (unpaired) electrons. The van der Waals surface area contributed by atoms with Crippen LogP contribution in [0, 0.1) is 0 Å². The van der Waals surface area contributed by atoms with E-state index in [9.17, 15) is 9.59 Å². The minimum Gasteiger partial charge on any atom is -0.449 e. The van der Waals surface area contributed by atoms with Gasteiger partial charge in [-0.05, 0) is 55.5 Å². The van der Waals surface area contributed by atoms with E-state index in [1.165, 1.54) is 0 Å². The van der Waals surface area contributed by atoms with Gasteiger partial charge in [-0.1, -0.05) is 30.7 Å². The summed E-state index contributed by atoms with van der Waals surface area (Å²) in [4.78, 5) is 38.2. The molecule has 1 aromatic carbocycles. The highest BCUT2D eigenvalue weighted by Crippen LogP contribution is 2.37. The predicted octanol–water partition coefficient (Wildman–Crippen LogP) is 4.14. The molecule has 1 aliphatic heterocycles. The second kappa shape index (κ2) is 10.4. The van der Waals surface area contributed by atoms with Gasteiger partial charge in [0.1, 0.15) is 0 Å². The zero-order valence-electron chi connectivity index (χ0n) is 20.3. The lowest BCUT2D eigenvalue weighted by Gasteiger charge is -2.39. The number of pyridine rings is 2. The zero-order valence-corrected chi connectivity index (χ0v) is 21.1. The molecule has 3 heterocycles. The Morgan fingerprint density at radius 1 is 1.22 bits per heavy atom. The Labute approximate surface area is 215 Å². The number of carbonyl (C=O) groups excluding carboxylic acids is 2. The normalized spacial score (nSPS) is 19.8. The molecule has 2 atom stereocenters. The van der Waals surface area contributed by atoms with Crippen LogP contribution < -0.4 is 5.73 Å². The molecule has 36 heavy (non-hydrogen) atoms. The number of nitrogens with two attached hydrogens (primary N) is 1. The van der Waals surface area contributed by atoms with Gasteiger partial charge in [-0.25, -0.2) is 4.79 Å². The summed E-state index contributed by atoms with van der Waals surface area (Å²) in [6.07, 6.45) is 4.16. The van der Waals surface area contributed by atoms with Crippen molar-refractivity contribution in [3.8, 4) is 0 Å². The van der Waals surface area contributed by atoms with E-state index in [1.54, 1.807) is 21.9 Å². The van der Waals surface area contributed by atoms with Gasteiger partial charge in [0.2, 0.25) is 0 Å². The van der Waals surface area contributed by atoms with Gasteiger partial charge in [-0.2, -0.15) is 0 Å². The summed E-state index contributed by atoms with van der Waals surface area (Å²) < 4.78 is 5.20. The number of piperazine rings is 1. The Bertz CT molecular complexity index is 1290. The van der Waals surface area contributed by atoms with Crippen LogP contribution in [0.25, 0.3) is 10.9 Å². The summed E-state index contributed by atoms with van der Waals surface area (Å²) in [6, 6.07) is 11.4. The van der Waals surface area contributed by atoms with Crippen LogP contribution in [0.1, 0.15) is 53.0 Å². The Balaban J connectivity index is 1.36. The van der Waals surface area contributed by atoms with E-state index < -0.39 is 12.3 Å². The topological polar surface area (TPSA) is 102 Å². The zero-order chi connectivity index (χ0) is 25.2. The molecule has 5 rings (SSSR count). The van der Waals surface area contributed by atoms with Crippen molar-refractivity contribution in [1.29, 1.82) is 0 Å². The Hall–Kier alpha value is -3.23. The number of fused-ring (bicyclic) bond motifs is 2. The molecule has 188 valence electrons. The van der Waals surface area contributed by atoms with E-state index in [-0.39, 0.29) is 12.5 Å². The van der Waals surface area contributed by atoms with Crippen LogP contribution in [-0.2, 0) is 17.6 Å². The number of carbonyl (C=O) groups is 2. The first kappa shape index (κ1) is 24.5. The molecule has 2 aliphatic rings. The number of hydrogen-bond donors (Lipinski definition) is 1. The Morgan fingerprint density at radius 2 is 2.08 bits per heavy atom. The first-order valence-electron chi connectivity index (χ1n) is 12.5. The molecule has 1 fully saturated rings. The van der Waals surface area contributed by atoms with Crippen molar-refractivity contribution < 1.29 is 14.3 Å². The monoisotopic (exact) mass is 507 g/mol. The molecule has 9 heteroatoms. The van der Waals surface area contributed by atoms with Crippen molar-refractivity contribution in [2.45, 2.75) is 44.7 Å². The van der Waals surface area contributed by atoms with Crippen molar-refractivity contribution in [1.82, 2.24) is 19.8 Å². The molecule has 1 unspecified atom stereocenters. The maximum atomic E-state index is 13.4. The van der Waals surface area contributed by atoms with Crippen LogP contribution in [0.3, 0.4) is 0 Å². The van der Waals surface area contributed by atoms with Crippen LogP contribution in [0.15, 0.2) is 42.6 Å². The maximum Gasteiger partial charge on any atom is 0.409 e. The fraction of sp³-hybridized carbons (Fsp3) is 0.407. The average molecular weight is 508 g/mol. The van der Waals surface area contributed by atoms with E-state index in [1.807, 2.05) is 31.3 Å². The van der Waals surface area contributed by atoms with Gasteiger partial charge in [0, 0.05) is 47.5 Å². The van der Waals surface area contributed by atoms with Gasteiger partial charge < -0.3 is 20.3 Å². The molecular formula is C27H30ClN5O3. The molecule has 2 N–H and O–H groups in total. The molecule has 8 nitrogen and oxygen atoms in total. The molecule has 1 saturated heterocycles. The smallest absolute Gasteiger partial charge is 0.409 e. The van der Waals surface area contributed by atoms with E-state index in [0.717, 1.165) is 48.0 Å². The van der Waals surface area contributed by atoms with E-state index >= 15 is 0 Å². The summed E-state index contributed by atoms with van der Waals surface area (Å²) >= 11 is 6.82. The Morgan fingerprint density at radius 3 is 2.83 bits per heavy atom. The van der Waals surface area contributed by atoms with Crippen LogP contribution >= 0.6 is 11.6 Å². The van der Waals surface area contributed by atoms with Crippen LogP contribution in [0.5, 0.6) is 0 Å². The quantitative estimate of drug-likeness (QED) is 0.569. The number of benzene rings is 1. The lowest BCUT2D eigenvalue weighted by Crippen LogP contribution is -2.60. The minimum atomic E-state index is -0.615. The third-order valence-electron chi connectivity index (χ3n) is 7.01. The van der Waals surface area contributed by atoms with Gasteiger partial charge in [-0.15, -0.1) is 0 Å². The summed E-state index contributed by atoms with van der Waals surface area (Å²) in [5, 5.41) is 1.56. The first-order valence-corrected chi connectivity index (χ1v) is 12.8. The maximum absolute atomic E-state index is 13.4. The third-order valence-corrected chi connectivity index (χ3v) is 7.44. The number of rotatable bonds is 4. The van der Waals surface area contributed by atoms with Gasteiger partial charge in [0.25, 0.3) is 5.91 Å². The summed E-state index contributed by atoms with van der Waals surface area (Å²) in [5.41, 5.74) is 10.6. The predicted molar refractivity (Wildman–Crippen MR) is 138 cm³/mol. The molecule has 0 spiro atoms. The molecular weight excluding hydrogens is 478 g/mol. The van der Waals surface area contributed by atoms with E-state index in [2.05, 4.69) is 11.1 Å². The number of hydrogen-bond acceptors (Lipinski definition) is 6. The second-order valence-electron chi connectivity index (χ2n) is 9.40. The summed E-state index contributed by atoms with van der Waals surface area (Å²) in [6.45, 7) is 3.25. The van der Waals surface area contributed by atoms with Crippen LogP contribution in [-0.4, -0.2) is 64.2 Å². The van der Waals surface area contributed by atoms with Gasteiger partial charge in [-0.3, -0.25) is 14.8 Å². The fourth-order valence-corrected chi connectivity index (χ4v) is 5.43. The number of ether oxygens (including phenoxy) is 1. The average Bonchev–Trinajstić information content (AvgIpc) is 2.91. The molecule has 0 bridgehead atoms. The number of amides is 2. The summed E-state index contributed by atoms with van der Waals surface area (Å²) in [7, 11) is 0. The van der Waals surface area contributed by atoms with E-state index in [4.69, 9.17) is 27.1 Å². The highest BCUT2D eigenvalue weighted by molar-refractivity contribution is 6.36. The third kappa shape index (κ3) is 4.75. The van der Waals surface area contributed by atoms with Crippen molar-refractivity contribution in [2.75, 3.05) is 26.2 Å². The van der Waals surface area contributed by atoms with Gasteiger partial charge in [0.05, 0.1) is 29.9 Å². The van der Waals surface area contributed by atoms with E-state index in [0.29, 0.717) is 41.7 Å². The van der Waals surface area contributed by atoms with Crippen LogP contribution in [0.2, 0.25) is 5.02 Å². The van der Waals surface area contributed by atoms with Crippen LogP contribution in [0.4, 0.5) is 4.79 Å². The lowest BCUT2D eigenvalue weighted by molar-refractivity contribution is 0.0392. The molecule has 0 saturated carbocycles. The van der Waals surface area contributed by atoms with Crippen molar-refractivity contribution in [3.05, 3.63) is 70.1 Å². The number of halogens is 1. The first-order chi connectivity index (χ1) is 17.5. The summed E-state index contributed by atoms with van der Waals surface area (Å²) in [5.74, 6) is 0.107. The second-order valence-corrected chi connectivity index (χ2v) is 9.78. The molecule has 1 aliphatic carbocycles. The highest BCUT2D eigenvalue weighted by Gasteiger charge is 2.32. The molecule has 2 aromatic heterocycles. The van der Waals surface area contributed by atoms with Crippen molar-refractivity contribution >= 4 is 34.5 Å². The van der Waals surface area contributed by atoms with Crippen molar-refractivity contribution in [3.63, 3.8) is 0 Å². The largest absolute Gasteiger partial charge is 0.449 e. The molecule has 3 aromatic rings. The van der Waals surface area contributed by atoms with Crippen molar-refractivity contribution in [2.24, 2.45) is 5.73 Å². The van der Waals surface area contributed by atoms with Gasteiger partial charge >= 0.3 is 6.09 Å². The van der Waals surface area contributed by atoms with Gasteiger partial charge in [0.15, 0.2) is 0 Å². The fourth-order valence-electron chi connectivity index (χ4n) is 5.07. The lowest BCUT2D eigenvalue weighted by atomic mass is 9.84. The number of aromatic nitrogens is 2. The highest BCUT2D eigenvalue weighted by atomic mass is 35.5. The number of nitrogens with zero attached hydrogens (tertiary/aromatic N) is 4. The SMILES string of the molecule is CCCOC(=O)N1CCN(C(=O)c2ccc3c(Cl)c4c(nc3c2)CC(c2ccccn2)CC4)[C@H](N)C1. The standard InChI is InChI=1S/C27H30ClN5O3/c1-2-13-36-27(35)32-11-12-33(24(29)16-32)26(34)18-7-9-20-23(15-18)31-22-14-17(6-8-19(22)25(20)28)21-5-3-4-10-30-21/h3-5,7,9-10,15,17,24H,2,6,8,11-14,16,29H2,1H3/t17?,24-/m0/s1.